The highest BCUT2D eigenvalue weighted by Gasteiger charge is 2.45. The molecule has 0 aliphatic heterocycles. The van der Waals surface area contributed by atoms with Crippen LogP contribution in [0.25, 0.3) is 10.1 Å². The molecule has 1 saturated carbocycles. The molecule has 2 aromatic rings. The number of rotatable bonds is 8. The van der Waals surface area contributed by atoms with E-state index in [0.717, 1.165) is 27.8 Å². The molecule has 1 unspecified atom stereocenters. The molecule has 1 aliphatic rings. The van der Waals surface area contributed by atoms with Crippen molar-refractivity contribution in [3.05, 3.63) is 35.2 Å². The fourth-order valence-corrected chi connectivity index (χ4v) is 5.67. The van der Waals surface area contributed by atoms with Gasteiger partial charge in [-0.15, -0.1) is 35.3 Å². The summed E-state index contributed by atoms with van der Waals surface area (Å²) in [6.07, 6.45) is 2.44. The number of benzene rings is 1. The van der Waals surface area contributed by atoms with Gasteiger partial charge in [0.05, 0.1) is 5.75 Å². The molecule has 0 spiro atoms. The van der Waals surface area contributed by atoms with E-state index < -0.39 is 15.9 Å². The van der Waals surface area contributed by atoms with Gasteiger partial charge in [0.2, 0.25) is 0 Å². The van der Waals surface area contributed by atoms with E-state index in [1.165, 1.54) is 6.26 Å². The summed E-state index contributed by atoms with van der Waals surface area (Å²) in [7, 11) is -3.00. The first-order valence-electron chi connectivity index (χ1n) is 9.17. The van der Waals surface area contributed by atoms with Crippen LogP contribution in [0.3, 0.4) is 0 Å². The lowest BCUT2D eigenvalue weighted by Gasteiger charge is -2.16. The van der Waals surface area contributed by atoms with Crippen LogP contribution >= 0.6 is 35.3 Å². The van der Waals surface area contributed by atoms with Crippen molar-refractivity contribution >= 4 is 61.2 Å². The smallest absolute Gasteiger partial charge is 0.191 e. The summed E-state index contributed by atoms with van der Waals surface area (Å²) in [5.41, 5.74) is -0.208. The topological polar surface area (TPSA) is 90.8 Å². The Hall–Kier alpha value is -0.910. The quantitative estimate of drug-likeness (QED) is 0.274. The Kier molecular flexibility index (Phi) is 8.12. The van der Waals surface area contributed by atoms with Crippen LogP contribution in [0.4, 0.5) is 0 Å². The summed E-state index contributed by atoms with van der Waals surface area (Å²) >= 11 is 1.59. The number of hydrogen-bond acceptors (Lipinski definition) is 5. The minimum absolute atomic E-state index is 0. The second-order valence-corrected chi connectivity index (χ2v) is 10.6. The molecular weight excluding hydrogens is 509 g/mol. The Balaban J connectivity index is 0.00000280. The summed E-state index contributed by atoms with van der Waals surface area (Å²) in [5.74, 6) is 0.797. The van der Waals surface area contributed by atoms with Crippen LogP contribution in [-0.4, -0.2) is 51.1 Å². The highest BCUT2D eigenvalue weighted by Crippen LogP contribution is 2.46. The normalized spacial score (nSPS) is 17.0. The molecule has 1 aromatic carbocycles. The van der Waals surface area contributed by atoms with Gasteiger partial charge in [-0.05, 0) is 37.3 Å². The molecular formula is C19H28IN3O3S2. The minimum atomic E-state index is -3.00. The number of fused-ring (bicyclic) bond motifs is 1. The number of halogens is 1. The number of guanidine groups is 1. The fourth-order valence-electron chi connectivity index (χ4n) is 3.13. The molecule has 1 aliphatic carbocycles. The molecule has 6 nitrogen and oxygen atoms in total. The van der Waals surface area contributed by atoms with Gasteiger partial charge in [-0.25, -0.2) is 8.42 Å². The van der Waals surface area contributed by atoms with Crippen LogP contribution in [0.15, 0.2) is 35.3 Å². The minimum Gasteiger partial charge on any atom is -0.386 e. The third-order valence-corrected chi connectivity index (χ3v) is 7.03. The number of nitrogens with zero attached hydrogens (tertiary/aromatic N) is 1. The number of thiophene rings is 1. The summed E-state index contributed by atoms with van der Waals surface area (Å²) in [6.45, 7) is 3.50. The van der Waals surface area contributed by atoms with Gasteiger partial charge < -0.3 is 15.7 Å². The van der Waals surface area contributed by atoms with Crippen molar-refractivity contribution in [3.63, 3.8) is 0 Å². The van der Waals surface area contributed by atoms with Crippen molar-refractivity contribution in [2.45, 2.75) is 25.9 Å². The lowest BCUT2D eigenvalue weighted by Crippen LogP contribution is -2.40. The second-order valence-electron chi connectivity index (χ2n) is 7.35. The predicted molar refractivity (Wildman–Crippen MR) is 128 cm³/mol. The Morgan fingerprint density at radius 1 is 1.32 bits per heavy atom. The number of aliphatic hydroxyl groups is 1. The van der Waals surface area contributed by atoms with E-state index in [2.05, 4.69) is 15.6 Å². The zero-order valence-electron chi connectivity index (χ0n) is 16.1. The highest BCUT2D eigenvalue weighted by atomic mass is 127. The van der Waals surface area contributed by atoms with Crippen LogP contribution in [0.5, 0.6) is 0 Å². The zero-order valence-corrected chi connectivity index (χ0v) is 20.1. The molecule has 9 heteroatoms. The summed E-state index contributed by atoms with van der Waals surface area (Å²) < 4.78 is 24.3. The standard InChI is InChI=1S/C19H27N3O3S2.HI/c1-3-20-18(22-12-19(8-9-19)13-27(2,24)25)21-11-15(23)17-10-14-6-4-5-7-16(14)26-17;/h4-7,10,15,23H,3,8-9,11-13H2,1-2H3,(H2,20,21,22);1H. The van der Waals surface area contributed by atoms with Crippen molar-refractivity contribution in [2.75, 3.05) is 31.6 Å². The average molecular weight is 537 g/mol. The molecule has 3 N–H and O–H groups in total. The van der Waals surface area contributed by atoms with E-state index in [1.54, 1.807) is 11.3 Å². The third kappa shape index (κ3) is 6.57. The van der Waals surface area contributed by atoms with Crippen molar-refractivity contribution in [1.82, 2.24) is 10.6 Å². The van der Waals surface area contributed by atoms with Crippen LogP contribution in [-0.2, 0) is 9.84 Å². The average Bonchev–Trinajstić information content (AvgIpc) is 3.20. The van der Waals surface area contributed by atoms with E-state index in [1.807, 2.05) is 37.3 Å². The maximum absolute atomic E-state index is 11.6. The third-order valence-electron chi connectivity index (χ3n) is 4.68. The Bertz CT molecular complexity index is 890. The van der Waals surface area contributed by atoms with Gasteiger partial charge in [-0.2, -0.15) is 0 Å². The van der Waals surface area contributed by atoms with E-state index in [9.17, 15) is 13.5 Å². The van der Waals surface area contributed by atoms with Crippen molar-refractivity contribution in [1.29, 1.82) is 0 Å². The number of aliphatic hydroxyl groups excluding tert-OH is 1. The molecule has 0 amide bonds. The molecule has 0 bridgehead atoms. The summed E-state index contributed by atoms with van der Waals surface area (Å²) in [6, 6.07) is 10.1. The summed E-state index contributed by atoms with van der Waals surface area (Å²) in [5, 5.41) is 18.0. The van der Waals surface area contributed by atoms with Crippen LogP contribution in [0, 0.1) is 5.41 Å². The first-order chi connectivity index (χ1) is 12.8. The van der Waals surface area contributed by atoms with Gasteiger partial charge in [0.1, 0.15) is 15.9 Å². The first-order valence-corrected chi connectivity index (χ1v) is 12.0. The predicted octanol–water partition coefficient (Wildman–Crippen LogP) is 2.93. The molecule has 1 fully saturated rings. The van der Waals surface area contributed by atoms with Gasteiger partial charge >= 0.3 is 0 Å². The Morgan fingerprint density at radius 2 is 2.04 bits per heavy atom. The molecule has 28 heavy (non-hydrogen) atoms. The number of nitrogens with one attached hydrogen (secondary N) is 2. The SMILES string of the molecule is CCNC(=NCC1(CS(C)(=O)=O)CC1)NCC(O)c1cc2ccccc2s1.I. The molecule has 0 radical (unpaired) electrons. The molecule has 0 saturated heterocycles. The van der Waals surface area contributed by atoms with E-state index in [-0.39, 0.29) is 35.1 Å². The van der Waals surface area contributed by atoms with Gasteiger partial charge in [0, 0.05) is 40.9 Å². The number of aliphatic imine (C=N–C) groups is 1. The van der Waals surface area contributed by atoms with Crippen molar-refractivity contribution in [3.8, 4) is 0 Å². The van der Waals surface area contributed by atoms with Crippen molar-refractivity contribution in [2.24, 2.45) is 10.4 Å². The van der Waals surface area contributed by atoms with Gasteiger partial charge in [-0.1, -0.05) is 18.2 Å². The van der Waals surface area contributed by atoms with E-state index in [4.69, 9.17) is 0 Å². The van der Waals surface area contributed by atoms with Crippen LogP contribution in [0.2, 0.25) is 0 Å². The lowest BCUT2D eigenvalue weighted by molar-refractivity contribution is 0.184. The maximum atomic E-state index is 11.6. The lowest BCUT2D eigenvalue weighted by atomic mass is 10.1. The van der Waals surface area contributed by atoms with Crippen LogP contribution < -0.4 is 10.6 Å². The Morgan fingerprint density at radius 3 is 2.64 bits per heavy atom. The number of sulfone groups is 1. The van der Waals surface area contributed by atoms with E-state index >= 15 is 0 Å². The van der Waals surface area contributed by atoms with Gasteiger partial charge in [0.25, 0.3) is 0 Å². The first kappa shape index (κ1) is 23.4. The molecule has 1 atom stereocenters. The number of hydrogen-bond donors (Lipinski definition) is 3. The monoisotopic (exact) mass is 537 g/mol. The second kappa shape index (κ2) is 9.73. The Labute approximate surface area is 187 Å². The largest absolute Gasteiger partial charge is 0.386 e. The van der Waals surface area contributed by atoms with Gasteiger partial charge in [0.15, 0.2) is 5.96 Å². The van der Waals surface area contributed by atoms with Crippen molar-refractivity contribution < 1.29 is 13.5 Å². The summed E-state index contributed by atoms with van der Waals surface area (Å²) in [4.78, 5) is 5.47. The molecule has 1 heterocycles. The zero-order chi connectivity index (χ0) is 19.5. The fraction of sp³-hybridized carbons (Fsp3) is 0.526. The van der Waals surface area contributed by atoms with E-state index in [0.29, 0.717) is 25.6 Å². The molecule has 156 valence electrons. The van der Waals surface area contributed by atoms with Gasteiger partial charge in [-0.3, -0.25) is 4.99 Å². The molecule has 1 aromatic heterocycles. The highest BCUT2D eigenvalue weighted by molar-refractivity contribution is 14.0. The van der Waals surface area contributed by atoms with Crippen LogP contribution in [0.1, 0.15) is 30.7 Å². The molecule has 3 rings (SSSR count). The maximum Gasteiger partial charge on any atom is 0.191 e.